The Morgan fingerprint density at radius 3 is 2.44 bits per heavy atom. The molecule has 206 valence electrons. The number of carbonyl (C=O) groups excluding carboxylic acids is 1. The van der Waals surface area contributed by atoms with E-state index in [2.05, 4.69) is 68.6 Å². The number of nitrogens with two attached hydrogens (primary N) is 1. The van der Waals surface area contributed by atoms with Crippen LogP contribution in [0.25, 0.3) is 10.8 Å². The molecule has 1 heterocycles. The minimum Gasteiger partial charge on any atom is -0.405 e. The molecule has 0 radical (unpaired) electrons. The molecule has 3 aromatic rings. The SMILES string of the molecule is CC1(C)[C@H]2C[C@@H]3OB([C@@H](CNC(=O)[C@@H](N)Cc4ccccc4)Cc4ccc5ccccc5c4)O[C@]3(C)[C@@H]1C2.Cl. The van der Waals surface area contributed by atoms with E-state index in [9.17, 15) is 4.79 Å². The van der Waals surface area contributed by atoms with Crippen molar-refractivity contribution in [3.05, 3.63) is 83.9 Å². The zero-order chi connectivity index (χ0) is 26.5. The second-order valence-corrected chi connectivity index (χ2v) is 12.5. The van der Waals surface area contributed by atoms with Gasteiger partial charge in [0.1, 0.15) is 0 Å². The van der Waals surface area contributed by atoms with E-state index in [0.29, 0.717) is 24.8 Å². The Morgan fingerprint density at radius 1 is 0.974 bits per heavy atom. The van der Waals surface area contributed by atoms with Gasteiger partial charge < -0.3 is 20.4 Å². The third kappa shape index (κ3) is 5.25. The van der Waals surface area contributed by atoms with E-state index in [4.69, 9.17) is 15.0 Å². The molecule has 3 N–H and O–H groups in total. The molecular weight excluding hydrogens is 507 g/mol. The molecule has 3 aliphatic carbocycles. The number of nitrogens with one attached hydrogen (secondary N) is 1. The summed E-state index contributed by atoms with van der Waals surface area (Å²) in [7, 11) is -0.364. The van der Waals surface area contributed by atoms with E-state index in [1.165, 1.54) is 22.8 Å². The quantitative estimate of drug-likeness (QED) is 0.361. The second kappa shape index (κ2) is 10.9. The van der Waals surface area contributed by atoms with Crippen molar-refractivity contribution in [1.29, 1.82) is 0 Å². The lowest BCUT2D eigenvalue weighted by Gasteiger charge is -2.64. The number of hydrogen-bond acceptors (Lipinski definition) is 4. The molecule has 5 nitrogen and oxygen atoms in total. The summed E-state index contributed by atoms with van der Waals surface area (Å²) in [5.41, 5.74) is 8.58. The molecule has 6 atom stereocenters. The van der Waals surface area contributed by atoms with Crippen LogP contribution in [0.2, 0.25) is 5.82 Å². The van der Waals surface area contributed by atoms with E-state index in [1.807, 2.05) is 30.3 Å². The van der Waals surface area contributed by atoms with Crippen LogP contribution in [0.5, 0.6) is 0 Å². The first kappa shape index (κ1) is 28.2. The number of halogens is 1. The van der Waals surface area contributed by atoms with Crippen LogP contribution in [0.4, 0.5) is 0 Å². The van der Waals surface area contributed by atoms with Gasteiger partial charge in [-0.25, -0.2) is 0 Å². The maximum absolute atomic E-state index is 13.0. The topological polar surface area (TPSA) is 73.6 Å². The average molecular weight is 547 g/mol. The summed E-state index contributed by atoms with van der Waals surface area (Å²) in [6.45, 7) is 7.47. The van der Waals surface area contributed by atoms with Crippen LogP contribution >= 0.6 is 12.4 Å². The molecule has 7 rings (SSSR count). The van der Waals surface area contributed by atoms with E-state index in [-0.39, 0.29) is 48.4 Å². The largest absolute Gasteiger partial charge is 0.463 e. The van der Waals surface area contributed by atoms with Crippen LogP contribution in [-0.2, 0) is 26.9 Å². The number of fused-ring (bicyclic) bond motifs is 1. The Kier molecular flexibility index (Phi) is 7.86. The molecule has 4 fully saturated rings. The second-order valence-electron chi connectivity index (χ2n) is 12.5. The molecule has 0 spiro atoms. The van der Waals surface area contributed by atoms with Crippen LogP contribution in [0.3, 0.4) is 0 Å². The van der Waals surface area contributed by atoms with Gasteiger partial charge in [-0.1, -0.05) is 86.6 Å². The molecule has 2 bridgehead atoms. The van der Waals surface area contributed by atoms with Crippen LogP contribution < -0.4 is 11.1 Å². The van der Waals surface area contributed by atoms with Crippen LogP contribution in [-0.4, -0.2) is 37.3 Å². The van der Waals surface area contributed by atoms with Gasteiger partial charge in [0.25, 0.3) is 0 Å². The molecule has 3 aromatic carbocycles. The highest BCUT2D eigenvalue weighted by Crippen LogP contribution is 2.66. The summed E-state index contributed by atoms with van der Waals surface area (Å²) in [5.74, 6) is 1.04. The van der Waals surface area contributed by atoms with Crippen LogP contribution in [0.1, 0.15) is 44.7 Å². The van der Waals surface area contributed by atoms with Gasteiger partial charge in [-0.15, -0.1) is 12.4 Å². The Hall–Kier alpha value is -2.38. The monoisotopic (exact) mass is 546 g/mol. The first-order valence-electron chi connectivity index (χ1n) is 14.1. The summed E-state index contributed by atoms with van der Waals surface area (Å²) in [4.78, 5) is 13.0. The fraction of sp³-hybridized carbons (Fsp3) is 0.469. The Bertz CT molecular complexity index is 1320. The molecule has 1 amide bonds. The normalized spacial score (nSPS) is 28.1. The van der Waals surface area contributed by atoms with E-state index >= 15 is 0 Å². The van der Waals surface area contributed by atoms with Gasteiger partial charge in [0.15, 0.2) is 0 Å². The lowest BCUT2D eigenvalue weighted by Crippen LogP contribution is -2.65. The van der Waals surface area contributed by atoms with E-state index in [0.717, 1.165) is 18.4 Å². The molecule has 39 heavy (non-hydrogen) atoms. The van der Waals surface area contributed by atoms with Crippen molar-refractivity contribution < 1.29 is 14.1 Å². The average Bonchev–Trinajstić information content (AvgIpc) is 3.28. The fourth-order valence-electron chi connectivity index (χ4n) is 7.36. The van der Waals surface area contributed by atoms with E-state index in [1.54, 1.807) is 0 Å². The third-order valence-corrected chi connectivity index (χ3v) is 9.84. The predicted octanol–water partition coefficient (Wildman–Crippen LogP) is 5.59. The molecule has 0 aromatic heterocycles. The minimum absolute atomic E-state index is 0. The van der Waals surface area contributed by atoms with Crippen LogP contribution in [0, 0.1) is 17.3 Å². The van der Waals surface area contributed by atoms with E-state index < -0.39 is 6.04 Å². The summed E-state index contributed by atoms with van der Waals surface area (Å²) in [6.07, 6.45) is 3.64. The van der Waals surface area contributed by atoms with Crippen molar-refractivity contribution in [2.24, 2.45) is 23.0 Å². The number of rotatable bonds is 8. The van der Waals surface area contributed by atoms with Gasteiger partial charge in [-0.05, 0) is 71.8 Å². The standard InChI is InChI=1S/C32H39BN2O3.ClH/c1-31(2)25-18-28(31)32(3)29(19-25)37-33(38-32)26(16-22-13-14-23-11-7-8-12-24(23)15-22)20-35-30(36)27(34)17-21-9-5-4-6-10-21;/h4-15,25-29H,16-20,34H2,1-3H3,(H,35,36);1H/t25-,26-,27+,28-,29+,32-;/m1./s1. The van der Waals surface area contributed by atoms with Gasteiger partial charge in [0.05, 0.1) is 17.7 Å². The molecule has 1 saturated heterocycles. The maximum Gasteiger partial charge on any atom is 0.463 e. The summed E-state index contributed by atoms with van der Waals surface area (Å²) < 4.78 is 13.5. The molecule has 3 saturated carbocycles. The van der Waals surface area contributed by atoms with Crippen LogP contribution in [0.15, 0.2) is 72.8 Å². The first-order chi connectivity index (χ1) is 18.2. The van der Waals surface area contributed by atoms with Crippen molar-refractivity contribution in [2.75, 3.05) is 6.54 Å². The maximum atomic E-state index is 13.0. The van der Waals surface area contributed by atoms with Gasteiger partial charge in [0.2, 0.25) is 5.91 Å². The summed E-state index contributed by atoms with van der Waals surface area (Å²) >= 11 is 0. The molecule has 4 aliphatic rings. The van der Waals surface area contributed by atoms with Crippen molar-refractivity contribution in [3.63, 3.8) is 0 Å². The van der Waals surface area contributed by atoms with Gasteiger partial charge in [-0.2, -0.15) is 0 Å². The highest BCUT2D eigenvalue weighted by Gasteiger charge is 2.68. The van der Waals surface area contributed by atoms with Gasteiger partial charge in [-0.3, -0.25) is 4.79 Å². The van der Waals surface area contributed by atoms with Crippen molar-refractivity contribution >= 4 is 36.2 Å². The number of benzene rings is 3. The Balaban J connectivity index is 0.00000308. The highest BCUT2D eigenvalue weighted by atomic mass is 35.5. The lowest BCUT2D eigenvalue weighted by molar-refractivity contribution is -0.199. The highest BCUT2D eigenvalue weighted by molar-refractivity contribution is 6.47. The molecule has 0 unspecified atom stereocenters. The summed E-state index contributed by atoms with van der Waals surface area (Å²) in [5, 5.41) is 5.59. The lowest BCUT2D eigenvalue weighted by atomic mass is 9.43. The Morgan fingerprint density at radius 2 is 1.69 bits per heavy atom. The predicted molar refractivity (Wildman–Crippen MR) is 160 cm³/mol. The zero-order valence-corrected chi connectivity index (χ0v) is 24.0. The third-order valence-electron chi connectivity index (χ3n) is 9.84. The van der Waals surface area contributed by atoms with Gasteiger partial charge >= 0.3 is 7.12 Å². The van der Waals surface area contributed by atoms with Gasteiger partial charge in [0, 0.05) is 12.4 Å². The molecular formula is C32H40BClN2O3. The van der Waals surface area contributed by atoms with Crippen molar-refractivity contribution in [1.82, 2.24) is 5.32 Å². The number of carbonyl (C=O) groups is 1. The van der Waals surface area contributed by atoms with Crippen molar-refractivity contribution in [2.45, 2.75) is 70.0 Å². The summed E-state index contributed by atoms with van der Waals surface area (Å²) in [6, 6.07) is 24.3. The smallest absolute Gasteiger partial charge is 0.405 e. The molecule has 1 aliphatic heterocycles. The van der Waals surface area contributed by atoms with Crippen molar-refractivity contribution in [3.8, 4) is 0 Å². The number of hydrogen-bond donors (Lipinski definition) is 2. The molecule has 7 heteroatoms. The number of amides is 1. The fourth-order valence-corrected chi connectivity index (χ4v) is 7.36. The minimum atomic E-state index is -0.600. The first-order valence-corrected chi connectivity index (χ1v) is 14.1. The Labute approximate surface area is 238 Å². The zero-order valence-electron chi connectivity index (χ0n) is 23.1.